The van der Waals surface area contributed by atoms with Gasteiger partial charge in [-0.1, -0.05) is 6.92 Å². The molecule has 0 saturated carbocycles. The Labute approximate surface area is 127 Å². The van der Waals surface area contributed by atoms with Gasteiger partial charge in [0.15, 0.2) is 0 Å². The lowest BCUT2D eigenvalue weighted by atomic mass is 9.74. The lowest BCUT2D eigenvalue weighted by Crippen LogP contribution is -2.45. The van der Waals surface area contributed by atoms with Gasteiger partial charge in [-0.3, -0.25) is 24.1 Å². The number of carbonyl (C=O) groups is 4. The van der Waals surface area contributed by atoms with Crippen LogP contribution < -0.4 is 5.32 Å². The van der Waals surface area contributed by atoms with Crippen LogP contribution in [0.25, 0.3) is 0 Å². The highest BCUT2D eigenvalue weighted by atomic mass is 16.6. The number of amides is 3. The molecule has 120 valence electrons. The second-order valence-electron chi connectivity index (χ2n) is 5.99. The molecule has 0 aliphatic carbocycles. The third-order valence-corrected chi connectivity index (χ3v) is 4.75. The number of ether oxygens (including phenoxy) is 2. The van der Waals surface area contributed by atoms with Crippen molar-refractivity contribution in [3.63, 3.8) is 0 Å². The third-order valence-electron chi connectivity index (χ3n) is 4.75. The van der Waals surface area contributed by atoms with E-state index >= 15 is 0 Å². The van der Waals surface area contributed by atoms with Crippen molar-refractivity contribution in [3.8, 4) is 0 Å². The first kappa shape index (κ1) is 15.0. The summed E-state index contributed by atoms with van der Waals surface area (Å²) in [6, 6.07) is 0. The highest BCUT2D eigenvalue weighted by Gasteiger charge is 2.68. The number of esters is 1. The Morgan fingerprint density at radius 1 is 1.23 bits per heavy atom. The van der Waals surface area contributed by atoms with Crippen LogP contribution in [0.15, 0.2) is 0 Å². The number of hydrogen-bond acceptors (Lipinski definition) is 6. The third kappa shape index (κ3) is 1.93. The molecule has 3 aliphatic rings. The van der Waals surface area contributed by atoms with Crippen LogP contribution >= 0.6 is 0 Å². The largest absolute Gasteiger partial charge is 0.459 e. The van der Waals surface area contributed by atoms with Crippen LogP contribution in [0.3, 0.4) is 0 Å². The summed E-state index contributed by atoms with van der Waals surface area (Å²) in [5.41, 5.74) is 0. The second kappa shape index (κ2) is 5.05. The predicted molar refractivity (Wildman–Crippen MR) is 71.1 cm³/mol. The van der Waals surface area contributed by atoms with Crippen molar-refractivity contribution >= 4 is 23.7 Å². The Morgan fingerprint density at radius 3 is 2.36 bits per heavy atom. The van der Waals surface area contributed by atoms with E-state index in [1.807, 2.05) is 6.92 Å². The van der Waals surface area contributed by atoms with Crippen LogP contribution in [0.1, 0.15) is 13.8 Å². The molecule has 0 aromatic carbocycles. The van der Waals surface area contributed by atoms with Gasteiger partial charge in [-0.2, -0.15) is 0 Å². The average molecular weight is 310 g/mol. The summed E-state index contributed by atoms with van der Waals surface area (Å²) in [6.07, 6.45) is -1.59. The standard InChI is InChI=1S/C14H18N2O6/c1-5-10-8-9(12(22-10)11(5)21-6(2)17)14(20)16(13(8)19)4-7(18)15-3/h5,8-12H,4H2,1-3H3,(H,15,18)/t5-,8?,9?,10-,11?,12?/m1/s1. The molecule has 0 spiro atoms. The maximum absolute atomic E-state index is 12.5. The van der Waals surface area contributed by atoms with Gasteiger partial charge in [0, 0.05) is 19.9 Å². The van der Waals surface area contributed by atoms with Crippen molar-refractivity contribution < 1.29 is 28.7 Å². The predicted octanol–water partition coefficient (Wildman–Crippen LogP) is -1.32. The molecule has 3 rings (SSSR count). The monoisotopic (exact) mass is 310 g/mol. The molecule has 3 saturated heterocycles. The first-order valence-corrected chi connectivity index (χ1v) is 7.25. The number of fused-ring (bicyclic) bond motifs is 5. The number of rotatable bonds is 3. The van der Waals surface area contributed by atoms with Crippen LogP contribution in [0.2, 0.25) is 0 Å². The molecule has 8 nitrogen and oxygen atoms in total. The minimum absolute atomic E-state index is 0.160. The highest BCUT2D eigenvalue weighted by molar-refractivity contribution is 6.08. The molecule has 8 heteroatoms. The summed E-state index contributed by atoms with van der Waals surface area (Å²) >= 11 is 0. The van der Waals surface area contributed by atoms with Crippen molar-refractivity contribution in [2.24, 2.45) is 17.8 Å². The summed E-state index contributed by atoms with van der Waals surface area (Å²) in [5, 5.41) is 2.39. The van der Waals surface area contributed by atoms with E-state index in [-0.39, 0.29) is 18.4 Å². The van der Waals surface area contributed by atoms with E-state index in [9.17, 15) is 19.2 Å². The maximum atomic E-state index is 12.5. The van der Waals surface area contributed by atoms with Crippen LogP contribution in [0.4, 0.5) is 0 Å². The number of nitrogens with zero attached hydrogens (tertiary/aromatic N) is 1. The van der Waals surface area contributed by atoms with E-state index in [0.29, 0.717) is 0 Å². The van der Waals surface area contributed by atoms with Gasteiger partial charge in [0.1, 0.15) is 18.8 Å². The smallest absolute Gasteiger partial charge is 0.303 e. The van der Waals surface area contributed by atoms with Crippen LogP contribution in [-0.2, 0) is 28.7 Å². The first-order valence-electron chi connectivity index (χ1n) is 7.25. The molecule has 0 radical (unpaired) electrons. The average Bonchev–Trinajstić information content (AvgIpc) is 3.06. The lowest BCUT2D eigenvalue weighted by molar-refractivity contribution is -0.154. The molecule has 0 aromatic heterocycles. The fourth-order valence-electron chi connectivity index (χ4n) is 3.78. The van der Waals surface area contributed by atoms with Crippen molar-refractivity contribution in [1.82, 2.24) is 10.2 Å². The molecule has 6 atom stereocenters. The topological polar surface area (TPSA) is 102 Å². The quantitative estimate of drug-likeness (QED) is 0.512. The number of imide groups is 1. The van der Waals surface area contributed by atoms with E-state index < -0.39 is 47.9 Å². The van der Waals surface area contributed by atoms with Crippen LogP contribution in [0.5, 0.6) is 0 Å². The molecule has 1 N–H and O–H groups in total. The minimum atomic E-state index is -0.664. The minimum Gasteiger partial charge on any atom is -0.459 e. The molecule has 3 heterocycles. The Morgan fingerprint density at radius 2 is 1.82 bits per heavy atom. The van der Waals surface area contributed by atoms with Gasteiger partial charge < -0.3 is 14.8 Å². The normalized spacial score (nSPS) is 39.1. The van der Waals surface area contributed by atoms with Crippen LogP contribution in [-0.4, -0.2) is 60.5 Å². The summed E-state index contributed by atoms with van der Waals surface area (Å²) in [7, 11) is 1.44. The van der Waals surface area contributed by atoms with E-state index in [4.69, 9.17) is 9.47 Å². The van der Waals surface area contributed by atoms with Crippen molar-refractivity contribution in [2.45, 2.75) is 32.2 Å². The number of hydrogen-bond donors (Lipinski definition) is 1. The van der Waals surface area contributed by atoms with Crippen molar-refractivity contribution in [2.75, 3.05) is 13.6 Å². The van der Waals surface area contributed by atoms with Crippen molar-refractivity contribution in [1.29, 1.82) is 0 Å². The fourth-order valence-corrected chi connectivity index (χ4v) is 3.78. The molecular formula is C14H18N2O6. The van der Waals surface area contributed by atoms with Gasteiger partial charge in [-0.25, -0.2) is 0 Å². The summed E-state index contributed by atoms with van der Waals surface area (Å²) in [6.45, 7) is 2.86. The van der Waals surface area contributed by atoms with Crippen molar-refractivity contribution in [3.05, 3.63) is 0 Å². The maximum Gasteiger partial charge on any atom is 0.303 e. The molecule has 3 amide bonds. The van der Waals surface area contributed by atoms with E-state index in [2.05, 4.69) is 5.32 Å². The van der Waals surface area contributed by atoms with E-state index in [1.54, 1.807) is 0 Å². The second-order valence-corrected chi connectivity index (χ2v) is 5.99. The van der Waals surface area contributed by atoms with Gasteiger partial charge in [0.25, 0.3) is 0 Å². The SMILES string of the molecule is CNC(=O)CN1C(=O)C2C3O[C@@H](C2C1=O)[C@@H](C)C3OC(C)=O. The molecule has 3 fully saturated rings. The summed E-state index contributed by atoms with van der Waals surface area (Å²) in [4.78, 5) is 48.6. The number of likely N-dealkylation sites (tertiary alicyclic amines) is 1. The molecular weight excluding hydrogens is 292 g/mol. The van der Waals surface area contributed by atoms with Gasteiger partial charge in [-0.15, -0.1) is 0 Å². The zero-order valence-corrected chi connectivity index (χ0v) is 12.6. The molecule has 2 bridgehead atoms. The number of carbonyl (C=O) groups excluding carboxylic acids is 4. The Hall–Kier alpha value is -1.96. The first-order chi connectivity index (χ1) is 10.4. The molecule has 0 aromatic rings. The van der Waals surface area contributed by atoms with E-state index in [0.717, 1.165) is 4.90 Å². The molecule has 4 unspecified atom stereocenters. The number of nitrogens with one attached hydrogen (secondary N) is 1. The summed E-state index contributed by atoms with van der Waals surface area (Å²) < 4.78 is 11.0. The zero-order chi connectivity index (χ0) is 16.2. The van der Waals surface area contributed by atoms with Crippen LogP contribution in [0, 0.1) is 17.8 Å². The molecule has 3 aliphatic heterocycles. The summed E-state index contributed by atoms with van der Waals surface area (Å²) in [5.74, 6) is -3.05. The highest BCUT2D eigenvalue weighted by Crippen LogP contribution is 2.51. The zero-order valence-electron chi connectivity index (χ0n) is 12.6. The van der Waals surface area contributed by atoms with E-state index in [1.165, 1.54) is 14.0 Å². The van der Waals surface area contributed by atoms with Gasteiger partial charge in [-0.05, 0) is 0 Å². The Bertz CT molecular complexity index is 562. The van der Waals surface area contributed by atoms with Gasteiger partial charge in [0.2, 0.25) is 17.7 Å². The lowest BCUT2D eigenvalue weighted by Gasteiger charge is -2.29. The van der Waals surface area contributed by atoms with Gasteiger partial charge in [0.05, 0.1) is 17.9 Å². The Balaban J connectivity index is 1.84. The van der Waals surface area contributed by atoms with Gasteiger partial charge >= 0.3 is 5.97 Å². The number of likely N-dealkylation sites (N-methyl/N-ethyl adjacent to an activating group) is 1. The Kier molecular flexibility index (Phi) is 3.43. The molecule has 22 heavy (non-hydrogen) atoms. The fraction of sp³-hybridized carbons (Fsp3) is 0.714.